The summed E-state index contributed by atoms with van der Waals surface area (Å²) in [4.78, 5) is 32.5. The van der Waals surface area contributed by atoms with Crippen molar-refractivity contribution in [2.45, 2.75) is 49.8 Å². The minimum absolute atomic E-state index is 0.0113. The molecule has 0 spiro atoms. The van der Waals surface area contributed by atoms with Crippen LogP contribution in [0.25, 0.3) is 0 Å². The van der Waals surface area contributed by atoms with Crippen LogP contribution in [0, 0.1) is 0 Å². The fourth-order valence-corrected chi connectivity index (χ4v) is 4.77. The Morgan fingerprint density at radius 1 is 1.05 bits per heavy atom. The van der Waals surface area contributed by atoms with Gasteiger partial charge in [-0.2, -0.15) is 0 Å². The molecule has 3 aromatic rings. The Bertz CT molecular complexity index is 1350. The summed E-state index contributed by atoms with van der Waals surface area (Å²) in [6, 6.07) is 12.5. The summed E-state index contributed by atoms with van der Waals surface area (Å²) in [6.07, 6.45) is 2.00. The third-order valence-corrected chi connectivity index (χ3v) is 6.93. The van der Waals surface area contributed by atoms with Crippen molar-refractivity contribution >= 4 is 38.0 Å². The van der Waals surface area contributed by atoms with Gasteiger partial charge in [0, 0.05) is 16.9 Å². The first-order chi connectivity index (χ1) is 17.3. The van der Waals surface area contributed by atoms with Crippen LogP contribution in [0.1, 0.15) is 49.8 Å². The topological polar surface area (TPSA) is 148 Å². The summed E-state index contributed by atoms with van der Waals surface area (Å²) >= 11 is 3.38. The highest BCUT2D eigenvalue weighted by molar-refractivity contribution is 9.10. The molecule has 0 saturated carbocycles. The minimum atomic E-state index is -3.99. The minimum Gasteiger partial charge on any atom is -0.479 e. The molecule has 2 atom stereocenters. The van der Waals surface area contributed by atoms with Gasteiger partial charge in [-0.1, -0.05) is 34.1 Å². The van der Waals surface area contributed by atoms with E-state index in [4.69, 9.17) is 4.74 Å². The van der Waals surface area contributed by atoms with Crippen LogP contribution in [0.4, 0.5) is 4.79 Å². The molecule has 2 unspecified atom stereocenters. The Morgan fingerprint density at radius 2 is 1.73 bits per heavy atom. The SMILES string of the molecule is CC(C)(C)OC(=O)NC(C(=O)O)c1cccc(C(Cc2ccc(Br)cc2)NS(=O)(=O)c2cccnc2)n1. The van der Waals surface area contributed by atoms with Gasteiger partial charge in [0.05, 0.1) is 17.4 Å². The van der Waals surface area contributed by atoms with Gasteiger partial charge < -0.3 is 15.2 Å². The summed E-state index contributed by atoms with van der Waals surface area (Å²) < 4.78 is 34.9. The molecule has 1 amide bonds. The number of halogens is 1. The van der Waals surface area contributed by atoms with Crippen molar-refractivity contribution in [2.24, 2.45) is 0 Å². The van der Waals surface area contributed by atoms with Crippen LogP contribution in [0.3, 0.4) is 0 Å². The lowest BCUT2D eigenvalue weighted by Crippen LogP contribution is -2.38. The van der Waals surface area contributed by atoms with Crippen LogP contribution in [0.2, 0.25) is 0 Å². The number of benzene rings is 1. The average molecular weight is 591 g/mol. The van der Waals surface area contributed by atoms with Gasteiger partial charge in [-0.05, 0) is 69.2 Å². The van der Waals surface area contributed by atoms with Gasteiger partial charge in [0.15, 0.2) is 6.04 Å². The standard InChI is InChI=1S/C25H27BrN4O6S/c1-25(2,3)36-24(33)29-22(23(31)32)20-8-4-7-19(28-20)21(14-16-9-11-17(26)12-10-16)30-37(34,35)18-6-5-13-27-15-18/h4-13,15,21-22,30H,14H2,1-3H3,(H,29,33)(H,31,32). The highest BCUT2D eigenvalue weighted by Crippen LogP contribution is 2.23. The zero-order valence-corrected chi connectivity index (χ0v) is 22.8. The first-order valence-corrected chi connectivity index (χ1v) is 13.5. The molecule has 0 saturated heterocycles. The van der Waals surface area contributed by atoms with Gasteiger partial charge in [-0.15, -0.1) is 0 Å². The Hall–Kier alpha value is -3.35. The molecule has 10 nitrogen and oxygen atoms in total. The summed E-state index contributed by atoms with van der Waals surface area (Å²) in [7, 11) is -3.99. The third-order valence-electron chi connectivity index (χ3n) is 4.95. The molecule has 0 aliphatic carbocycles. The number of amides is 1. The molecule has 2 heterocycles. The second-order valence-corrected chi connectivity index (χ2v) is 11.7. The number of carbonyl (C=O) groups excluding carboxylic acids is 1. The maximum atomic E-state index is 13.1. The molecule has 0 aliphatic rings. The van der Waals surface area contributed by atoms with Crippen molar-refractivity contribution in [3.8, 4) is 0 Å². The van der Waals surface area contributed by atoms with Crippen LogP contribution < -0.4 is 10.0 Å². The highest BCUT2D eigenvalue weighted by atomic mass is 79.9. The van der Waals surface area contributed by atoms with Crippen molar-refractivity contribution in [3.63, 3.8) is 0 Å². The number of pyridine rings is 2. The van der Waals surface area contributed by atoms with Crippen LogP contribution in [-0.4, -0.2) is 41.2 Å². The lowest BCUT2D eigenvalue weighted by Gasteiger charge is -2.23. The molecule has 3 N–H and O–H groups in total. The number of alkyl carbamates (subject to hydrolysis) is 1. The Labute approximate surface area is 223 Å². The Balaban J connectivity index is 1.97. The fraction of sp³-hybridized carbons (Fsp3) is 0.280. The van der Waals surface area contributed by atoms with E-state index in [1.54, 1.807) is 32.9 Å². The summed E-state index contributed by atoms with van der Waals surface area (Å²) in [5.74, 6) is -1.35. The molecule has 1 aromatic carbocycles. The lowest BCUT2D eigenvalue weighted by atomic mass is 10.0. The number of hydrogen-bond donors (Lipinski definition) is 3. The van der Waals surface area contributed by atoms with Crippen LogP contribution in [-0.2, 0) is 26.0 Å². The maximum absolute atomic E-state index is 13.1. The van der Waals surface area contributed by atoms with Gasteiger partial charge in [0.1, 0.15) is 10.5 Å². The number of hydrogen-bond acceptors (Lipinski definition) is 7. The number of carbonyl (C=O) groups is 2. The van der Waals surface area contributed by atoms with Crippen molar-refractivity contribution in [2.75, 3.05) is 0 Å². The van der Waals surface area contributed by atoms with E-state index in [9.17, 15) is 23.1 Å². The molecule has 0 aliphatic heterocycles. The van der Waals surface area contributed by atoms with Gasteiger partial charge in [-0.3, -0.25) is 9.97 Å². The van der Waals surface area contributed by atoms with E-state index >= 15 is 0 Å². The number of carboxylic acid groups (broad SMARTS) is 1. The number of carboxylic acids is 1. The summed E-state index contributed by atoms with van der Waals surface area (Å²) in [6.45, 7) is 4.97. The number of rotatable bonds is 9. The molecule has 0 bridgehead atoms. The zero-order chi connectivity index (χ0) is 27.2. The molecule has 3 rings (SSSR count). The Kier molecular flexibility index (Phi) is 9.00. The monoisotopic (exact) mass is 590 g/mol. The largest absolute Gasteiger partial charge is 0.479 e. The number of sulfonamides is 1. The first kappa shape index (κ1) is 28.2. The van der Waals surface area contributed by atoms with Gasteiger partial charge in [0.25, 0.3) is 0 Å². The van der Waals surface area contributed by atoms with Crippen molar-refractivity contribution < 1.29 is 27.9 Å². The second kappa shape index (κ2) is 11.8. The summed E-state index contributed by atoms with van der Waals surface area (Å²) in [5, 5.41) is 12.1. The zero-order valence-electron chi connectivity index (χ0n) is 20.4. The molecule has 0 fully saturated rings. The molecule has 37 heavy (non-hydrogen) atoms. The van der Waals surface area contributed by atoms with Crippen LogP contribution in [0.5, 0.6) is 0 Å². The fourth-order valence-electron chi connectivity index (χ4n) is 3.34. The first-order valence-electron chi connectivity index (χ1n) is 11.2. The number of aliphatic carboxylic acids is 1. The molecule has 0 radical (unpaired) electrons. The van der Waals surface area contributed by atoms with Crippen molar-refractivity contribution in [3.05, 3.63) is 88.4 Å². The van der Waals surface area contributed by atoms with Crippen molar-refractivity contribution in [1.29, 1.82) is 0 Å². The molecule has 2 aromatic heterocycles. The highest BCUT2D eigenvalue weighted by Gasteiger charge is 2.29. The van der Waals surface area contributed by atoms with E-state index in [2.05, 4.69) is 35.9 Å². The van der Waals surface area contributed by atoms with E-state index in [0.29, 0.717) is 0 Å². The second-order valence-electron chi connectivity index (χ2n) is 9.10. The predicted octanol–water partition coefficient (Wildman–Crippen LogP) is 4.15. The normalized spacial score (nSPS) is 13.4. The summed E-state index contributed by atoms with van der Waals surface area (Å²) in [5.41, 5.74) is 0.265. The van der Waals surface area contributed by atoms with Crippen molar-refractivity contribution in [1.82, 2.24) is 20.0 Å². The number of nitrogens with zero attached hydrogens (tertiary/aromatic N) is 2. The average Bonchev–Trinajstić information content (AvgIpc) is 2.83. The van der Waals surface area contributed by atoms with E-state index in [1.165, 1.54) is 30.6 Å². The van der Waals surface area contributed by atoms with E-state index < -0.39 is 39.8 Å². The van der Waals surface area contributed by atoms with Gasteiger partial charge >= 0.3 is 12.1 Å². The Morgan fingerprint density at radius 3 is 2.32 bits per heavy atom. The molecular formula is C25H27BrN4O6S. The van der Waals surface area contributed by atoms with E-state index in [-0.39, 0.29) is 22.7 Å². The van der Waals surface area contributed by atoms with Gasteiger partial charge in [-0.25, -0.2) is 22.7 Å². The molecular weight excluding hydrogens is 564 g/mol. The maximum Gasteiger partial charge on any atom is 0.408 e. The third kappa shape index (κ3) is 8.34. The number of nitrogens with one attached hydrogen (secondary N) is 2. The van der Waals surface area contributed by atoms with E-state index in [1.807, 2.05) is 24.3 Å². The van der Waals surface area contributed by atoms with Crippen LogP contribution in [0.15, 0.2) is 76.4 Å². The number of aromatic nitrogens is 2. The molecule has 12 heteroatoms. The quantitative estimate of drug-likeness (QED) is 0.336. The van der Waals surface area contributed by atoms with E-state index in [0.717, 1.165) is 10.0 Å². The van der Waals surface area contributed by atoms with Crippen LogP contribution >= 0.6 is 15.9 Å². The lowest BCUT2D eigenvalue weighted by molar-refractivity contribution is -0.139. The van der Waals surface area contributed by atoms with Gasteiger partial charge in [0.2, 0.25) is 10.0 Å². The molecule has 196 valence electrons. The predicted molar refractivity (Wildman–Crippen MR) is 139 cm³/mol. The number of ether oxygens (including phenoxy) is 1. The smallest absolute Gasteiger partial charge is 0.408 e.